The van der Waals surface area contributed by atoms with Crippen LogP contribution in [0.2, 0.25) is 5.02 Å². The summed E-state index contributed by atoms with van der Waals surface area (Å²) in [6.45, 7) is 3.93. The number of hydrogen-bond donors (Lipinski definition) is 1. The standard InChI is InChI=1S/C20H16BrClN2O3/c1-3-8-27-19-17(21)10-13(11-18(19)26-2)9-14(12-23)20(25)24-16-6-4-15(22)5-7-16/h3-7,9-11H,1,8H2,2H3,(H,24,25)/b14-9-. The summed E-state index contributed by atoms with van der Waals surface area (Å²) in [5.74, 6) is 0.452. The average molecular weight is 448 g/mol. The van der Waals surface area contributed by atoms with Crippen molar-refractivity contribution < 1.29 is 14.3 Å². The molecule has 7 heteroatoms. The van der Waals surface area contributed by atoms with E-state index in [2.05, 4.69) is 27.8 Å². The molecule has 5 nitrogen and oxygen atoms in total. The Labute approximate surface area is 171 Å². The minimum Gasteiger partial charge on any atom is -0.493 e. The van der Waals surface area contributed by atoms with Crippen LogP contribution in [0.25, 0.3) is 6.08 Å². The first-order valence-corrected chi connectivity index (χ1v) is 8.95. The van der Waals surface area contributed by atoms with E-state index in [1.165, 1.54) is 13.2 Å². The Bertz CT molecular complexity index is 918. The van der Waals surface area contributed by atoms with Crippen LogP contribution in [0.1, 0.15) is 5.56 Å². The average Bonchev–Trinajstić information content (AvgIpc) is 2.66. The molecule has 0 unspecified atom stereocenters. The molecule has 1 amide bonds. The molecule has 138 valence electrons. The molecule has 0 saturated carbocycles. The number of nitrogens with one attached hydrogen (secondary N) is 1. The van der Waals surface area contributed by atoms with Gasteiger partial charge in [-0.05, 0) is 64.0 Å². The minimum absolute atomic E-state index is 0.0568. The van der Waals surface area contributed by atoms with E-state index in [-0.39, 0.29) is 5.57 Å². The van der Waals surface area contributed by atoms with Gasteiger partial charge in [0.2, 0.25) is 0 Å². The number of hydrogen-bond acceptors (Lipinski definition) is 4. The topological polar surface area (TPSA) is 71.3 Å². The van der Waals surface area contributed by atoms with Crippen molar-refractivity contribution in [1.29, 1.82) is 5.26 Å². The monoisotopic (exact) mass is 446 g/mol. The summed E-state index contributed by atoms with van der Waals surface area (Å²) in [5.41, 5.74) is 1.09. The van der Waals surface area contributed by atoms with Crippen LogP contribution in [0.4, 0.5) is 5.69 Å². The van der Waals surface area contributed by atoms with E-state index in [9.17, 15) is 10.1 Å². The van der Waals surface area contributed by atoms with Crippen LogP contribution in [-0.4, -0.2) is 19.6 Å². The second-order valence-electron chi connectivity index (χ2n) is 5.26. The highest BCUT2D eigenvalue weighted by molar-refractivity contribution is 9.10. The Morgan fingerprint density at radius 2 is 2.07 bits per heavy atom. The summed E-state index contributed by atoms with van der Waals surface area (Å²) < 4.78 is 11.5. The summed E-state index contributed by atoms with van der Waals surface area (Å²) in [6.07, 6.45) is 3.09. The normalized spacial score (nSPS) is 10.7. The Morgan fingerprint density at radius 1 is 1.37 bits per heavy atom. The Hall–Kier alpha value is -2.75. The number of halogens is 2. The fraction of sp³-hybridized carbons (Fsp3) is 0.100. The zero-order valence-electron chi connectivity index (χ0n) is 14.5. The molecular formula is C20H16BrClN2O3. The first kappa shape index (κ1) is 20.6. The molecule has 0 heterocycles. The van der Waals surface area contributed by atoms with Crippen molar-refractivity contribution in [2.24, 2.45) is 0 Å². The van der Waals surface area contributed by atoms with Crippen molar-refractivity contribution in [3.63, 3.8) is 0 Å². The summed E-state index contributed by atoms with van der Waals surface area (Å²) in [6, 6.07) is 11.9. The minimum atomic E-state index is -0.526. The third kappa shape index (κ3) is 5.61. The zero-order chi connectivity index (χ0) is 19.8. The molecule has 2 aromatic carbocycles. The van der Waals surface area contributed by atoms with Gasteiger partial charge in [0.15, 0.2) is 11.5 Å². The molecule has 0 aromatic heterocycles. The molecule has 1 N–H and O–H groups in total. The van der Waals surface area contributed by atoms with E-state index in [0.717, 1.165) is 0 Å². The van der Waals surface area contributed by atoms with Crippen LogP contribution in [0.5, 0.6) is 11.5 Å². The van der Waals surface area contributed by atoms with Gasteiger partial charge >= 0.3 is 0 Å². The molecule has 2 aromatic rings. The summed E-state index contributed by atoms with van der Waals surface area (Å²) in [7, 11) is 1.51. The molecule has 2 rings (SSSR count). The quantitative estimate of drug-likeness (QED) is 0.359. The summed E-state index contributed by atoms with van der Waals surface area (Å²) >= 11 is 9.24. The van der Waals surface area contributed by atoms with Crippen LogP contribution < -0.4 is 14.8 Å². The van der Waals surface area contributed by atoms with E-state index in [1.54, 1.807) is 42.5 Å². The van der Waals surface area contributed by atoms with Gasteiger partial charge in [-0.15, -0.1) is 0 Å². The zero-order valence-corrected chi connectivity index (χ0v) is 16.8. The molecular weight excluding hydrogens is 432 g/mol. The van der Waals surface area contributed by atoms with E-state index < -0.39 is 5.91 Å². The van der Waals surface area contributed by atoms with Crippen molar-refractivity contribution in [1.82, 2.24) is 0 Å². The van der Waals surface area contributed by atoms with Crippen LogP contribution in [0.3, 0.4) is 0 Å². The van der Waals surface area contributed by atoms with Crippen molar-refractivity contribution in [2.45, 2.75) is 0 Å². The number of nitrogens with zero attached hydrogens (tertiary/aromatic N) is 1. The molecule has 0 saturated heterocycles. The SMILES string of the molecule is C=CCOc1c(Br)cc(/C=C(/C#N)C(=O)Nc2ccc(Cl)cc2)cc1OC. The summed E-state index contributed by atoms with van der Waals surface area (Å²) in [5, 5.41) is 12.6. The maximum atomic E-state index is 12.4. The third-order valence-electron chi connectivity index (χ3n) is 3.38. The number of rotatable bonds is 7. The van der Waals surface area contributed by atoms with Gasteiger partial charge in [-0.25, -0.2) is 0 Å². The lowest BCUT2D eigenvalue weighted by Gasteiger charge is -2.12. The Kier molecular flexibility index (Phi) is 7.47. The number of benzene rings is 2. The molecule has 27 heavy (non-hydrogen) atoms. The lowest BCUT2D eigenvalue weighted by atomic mass is 10.1. The lowest BCUT2D eigenvalue weighted by Crippen LogP contribution is -2.13. The highest BCUT2D eigenvalue weighted by Gasteiger charge is 2.14. The number of methoxy groups -OCH3 is 1. The third-order valence-corrected chi connectivity index (χ3v) is 4.22. The number of amides is 1. The number of anilines is 1. The molecule has 0 atom stereocenters. The second-order valence-corrected chi connectivity index (χ2v) is 6.56. The van der Waals surface area contributed by atoms with Crippen LogP contribution >= 0.6 is 27.5 Å². The molecule has 0 aliphatic carbocycles. The molecule has 0 spiro atoms. The van der Waals surface area contributed by atoms with Gasteiger partial charge in [0, 0.05) is 10.7 Å². The van der Waals surface area contributed by atoms with Gasteiger partial charge in [0.25, 0.3) is 5.91 Å². The van der Waals surface area contributed by atoms with Crippen molar-refractivity contribution >= 4 is 45.2 Å². The Balaban J connectivity index is 2.29. The highest BCUT2D eigenvalue weighted by atomic mass is 79.9. The van der Waals surface area contributed by atoms with E-state index >= 15 is 0 Å². The van der Waals surface area contributed by atoms with Gasteiger partial charge in [0.05, 0.1) is 11.6 Å². The molecule has 0 fully saturated rings. The van der Waals surface area contributed by atoms with Crippen molar-refractivity contribution in [3.8, 4) is 17.6 Å². The molecule has 0 aliphatic rings. The number of carbonyl (C=O) groups excluding carboxylic acids is 1. The molecule has 0 radical (unpaired) electrons. The van der Waals surface area contributed by atoms with Crippen molar-refractivity contribution in [3.05, 3.63) is 69.7 Å². The van der Waals surface area contributed by atoms with E-state index in [4.69, 9.17) is 21.1 Å². The predicted molar refractivity (Wildman–Crippen MR) is 110 cm³/mol. The number of carbonyl (C=O) groups is 1. The van der Waals surface area contributed by atoms with Gasteiger partial charge < -0.3 is 14.8 Å². The second kappa shape index (κ2) is 9.81. The maximum Gasteiger partial charge on any atom is 0.266 e. The van der Waals surface area contributed by atoms with Gasteiger partial charge in [-0.1, -0.05) is 24.3 Å². The van der Waals surface area contributed by atoms with Crippen LogP contribution in [0.15, 0.2) is 59.1 Å². The fourth-order valence-corrected chi connectivity index (χ4v) is 2.85. The number of nitriles is 1. The van der Waals surface area contributed by atoms with E-state index in [1.807, 2.05) is 6.07 Å². The fourth-order valence-electron chi connectivity index (χ4n) is 2.15. The summed E-state index contributed by atoms with van der Waals surface area (Å²) in [4.78, 5) is 12.4. The first-order valence-electron chi connectivity index (χ1n) is 7.78. The molecule has 0 bridgehead atoms. The first-order chi connectivity index (χ1) is 13.0. The predicted octanol–water partition coefficient (Wildman–Crippen LogP) is 5.22. The van der Waals surface area contributed by atoms with Gasteiger partial charge in [-0.3, -0.25) is 4.79 Å². The highest BCUT2D eigenvalue weighted by Crippen LogP contribution is 2.37. The van der Waals surface area contributed by atoms with Gasteiger partial charge in [-0.2, -0.15) is 5.26 Å². The van der Waals surface area contributed by atoms with Crippen LogP contribution in [0, 0.1) is 11.3 Å². The maximum absolute atomic E-state index is 12.4. The van der Waals surface area contributed by atoms with Crippen molar-refractivity contribution in [2.75, 3.05) is 19.0 Å². The molecule has 0 aliphatic heterocycles. The van der Waals surface area contributed by atoms with E-state index in [0.29, 0.717) is 38.9 Å². The lowest BCUT2D eigenvalue weighted by molar-refractivity contribution is -0.112. The van der Waals surface area contributed by atoms with Crippen LogP contribution in [-0.2, 0) is 4.79 Å². The smallest absolute Gasteiger partial charge is 0.266 e. The Morgan fingerprint density at radius 3 is 2.67 bits per heavy atom. The van der Waals surface area contributed by atoms with Gasteiger partial charge in [0.1, 0.15) is 18.2 Å². The largest absolute Gasteiger partial charge is 0.493 e. The number of ether oxygens (including phenoxy) is 2.